The summed E-state index contributed by atoms with van der Waals surface area (Å²) in [5.74, 6) is 0.348. The van der Waals surface area contributed by atoms with E-state index in [1.54, 1.807) is 0 Å². The first-order chi connectivity index (χ1) is 5.02. The predicted molar refractivity (Wildman–Crippen MR) is 39.9 cm³/mol. The van der Waals surface area contributed by atoms with Crippen LogP contribution in [-0.4, -0.2) is 38.7 Å². The molecule has 0 aromatic carbocycles. The van der Waals surface area contributed by atoms with Crippen molar-refractivity contribution in [2.45, 2.75) is 5.54 Å². The van der Waals surface area contributed by atoms with Crippen LogP contribution in [0.2, 0.25) is 0 Å². The molecule has 0 spiro atoms. The number of nitrogens with two attached hydrogens (primary N) is 1. The molecule has 0 unspecified atom stereocenters. The lowest BCUT2D eigenvalue weighted by Crippen LogP contribution is -2.46. The Kier molecular flexibility index (Phi) is 1.34. The van der Waals surface area contributed by atoms with Crippen LogP contribution in [0.25, 0.3) is 0 Å². The highest BCUT2D eigenvalue weighted by Gasteiger charge is 2.51. The summed E-state index contributed by atoms with van der Waals surface area (Å²) >= 11 is 0. The summed E-state index contributed by atoms with van der Waals surface area (Å²) in [6.45, 7) is 0.909. The quantitative estimate of drug-likeness (QED) is 0.502. The molecular formula is C6H11NO3S. The molecule has 2 aliphatic heterocycles. The topological polar surface area (TPSA) is 69.4 Å². The fourth-order valence-electron chi connectivity index (χ4n) is 1.82. The minimum absolute atomic E-state index is 0.0347. The van der Waals surface area contributed by atoms with Gasteiger partial charge in [-0.2, -0.15) is 0 Å². The van der Waals surface area contributed by atoms with Crippen molar-refractivity contribution < 1.29 is 13.2 Å². The molecule has 0 bridgehead atoms. The molecule has 2 aliphatic rings. The smallest absolute Gasteiger partial charge is 0.152 e. The van der Waals surface area contributed by atoms with Crippen LogP contribution in [-0.2, 0) is 14.6 Å². The second kappa shape index (κ2) is 1.97. The molecule has 0 aromatic rings. The Labute approximate surface area is 65.6 Å². The molecular weight excluding hydrogens is 166 g/mol. The minimum atomic E-state index is -2.87. The van der Waals surface area contributed by atoms with Crippen LogP contribution >= 0.6 is 0 Å². The molecule has 0 aromatic heterocycles. The molecule has 2 atom stereocenters. The second-order valence-corrected chi connectivity index (χ2v) is 5.61. The zero-order valence-electron chi connectivity index (χ0n) is 6.12. The highest BCUT2D eigenvalue weighted by Crippen LogP contribution is 2.32. The minimum Gasteiger partial charge on any atom is -0.379 e. The summed E-state index contributed by atoms with van der Waals surface area (Å²) in [4.78, 5) is 0. The SMILES string of the molecule is N[C@]12COC[C@H]1CS(=O)(=O)C2. The van der Waals surface area contributed by atoms with E-state index in [9.17, 15) is 8.42 Å². The zero-order valence-corrected chi connectivity index (χ0v) is 6.93. The van der Waals surface area contributed by atoms with Crippen LogP contribution in [0.15, 0.2) is 0 Å². The van der Waals surface area contributed by atoms with Crippen LogP contribution in [0.1, 0.15) is 0 Å². The average Bonchev–Trinajstić information content (AvgIpc) is 2.16. The highest BCUT2D eigenvalue weighted by molar-refractivity contribution is 7.91. The van der Waals surface area contributed by atoms with Crippen molar-refractivity contribution in [1.29, 1.82) is 0 Å². The molecule has 0 amide bonds. The maximum Gasteiger partial charge on any atom is 0.152 e. The summed E-state index contributed by atoms with van der Waals surface area (Å²) in [6, 6.07) is 0. The van der Waals surface area contributed by atoms with Crippen molar-refractivity contribution >= 4 is 9.84 Å². The Morgan fingerprint density at radius 1 is 1.55 bits per heavy atom. The molecule has 11 heavy (non-hydrogen) atoms. The fraction of sp³-hybridized carbons (Fsp3) is 1.00. The lowest BCUT2D eigenvalue weighted by Gasteiger charge is -2.17. The fourth-order valence-corrected chi connectivity index (χ4v) is 4.12. The molecule has 5 heteroatoms. The molecule has 4 nitrogen and oxygen atoms in total. The summed E-state index contributed by atoms with van der Waals surface area (Å²) in [5.41, 5.74) is 5.27. The van der Waals surface area contributed by atoms with E-state index in [1.807, 2.05) is 0 Å². The van der Waals surface area contributed by atoms with E-state index in [0.29, 0.717) is 13.2 Å². The standard InChI is InChI=1S/C6H11NO3S/c7-6-3-10-1-5(6)2-11(8,9)4-6/h5H,1-4,7H2/t5-,6-/m0/s1. The van der Waals surface area contributed by atoms with Gasteiger partial charge in [-0.05, 0) is 0 Å². The van der Waals surface area contributed by atoms with E-state index in [2.05, 4.69) is 0 Å². The number of sulfone groups is 1. The maximum absolute atomic E-state index is 11.1. The number of hydrogen-bond donors (Lipinski definition) is 1. The van der Waals surface area contributed by atoms with Gasteiger partial charge in [-0.3, -0.25) is 0 Å². The van der Waals surface area contributed by atoms with Crippen LogP contribution in [0, 0.1) is 5.92 Å². The predicted octanol–water partition coefficient (Wildman–Crippen LogP) is -1.24. The zero-order chi connectivity index (χ0) is 8.11. The van der Waals surface area contributed by atoms with E-state index in [0.717, 1.165) is 0 Å². The van der Waals surface area contributed by atoms with E-state index in [-0.39, 0.29) is 17.4 Å². The maximum atomic E-state index is 11.1. The average molecular weight is 177 g/mol. The van der Waals surface area contributed by atoms with Gasteiger partial charge in [0.15, 0.2) is 9.84 Å². The van der Waals surface area contributed by atoms with Gasteiger partial charge in [0.25, 0.3) is 0 Å². The van der Waals surface area contributed by atoms with Crippen LogP contribution < -0.4 is 5.73 Å². The van der Waals surface area contributed by atoms with Gasteiger partial charge in [-0.25, -0.2) is 8.42 Å². The van der Waals surface area contributed by atoms with Crippen LogP contribution in [0.3, 0.4) is 0 Å². The van der Waals surface area contributed by atoms with Gasteiger partial charge in [0.2, 0.25) is 0 Å². The van der Waals surface area contributed by atoms with E-state index in [1.165, 1.54) is 0 Å². The molecule has 64 valence electrons. The Morgan fingerprint density at radius 3 is 2.91 bits per heavy atom. The van der Waals surface area contributed by atoms with Crippen molar-refractivity contribution in [3.8, 4) is 0 Å². The van der Waals surface area contributed by atoms with Gasteiger partial charge < -0.3 is 10.5 Å². The lowest BCUT2D eigenvalue weighted by atomic mass is 9.92. The van der Waals surface area contributed by atoms with E-state index < -0.39 is 15.4 Å². The van der Waals surface area contributed by atoms with E-state index >= 15 is 0 Å². The van der Waals surface area contributed by atoms with Crippen molar-refractivity contribution in [3.05, 3.63) is 0 Å². The second-order valence-electron chi connectivity index (χ2n) is 3.50. The molecule has 2 heterocycles. The van der Waals surface area contributed by atoms with Crippen LogP contribution in [0.4, 0.5) is 0 Å². The van der Waals surface area contributed by atoms with Gasteiger partial charge >= 0.3 is 0 Å². The Bertz CT molecular complexity index is 274. The molecule has 0 radical (unpaired) electrons. The normalized spacial score (nSPS) is 47.5. The lowest BCUT2D eigenvalue weighted by molar-refractivity contribution is 0.178. The van der Waals surface area contributed by atoms with Gasteiger partial charge in [-0.1, -0.05) is 0 Å². The van der Waals surface area contributed by atoms with Crippen molar-refractivity contribution in [3.63, 3.8) is 0 Å². The van der Waals surface area contributed by atoms with Gasteiger partial charge in [0.1, 0.15) is 0 Å². The molecule has 2 fully saturated rings. The number of rotatable bonds is 0. The first-order valence-electron chi connectivity index (χ1n) is 3.59. The summed E-state index contributed by atoms with van der Waals surface area (Å²) < 4.78 is 27.3. The van der Waals surface area contributed by atoms with Crippen molar-refractivity contribution in [1.82, 2.24) is 0 Å². The van der Waals surface area contributed by atoms with E-state index in [4.69, 9.17) is 10.5 Å². The summed E-state index contributed by atoms with van der Waals surface area (Å²) in [6.07, 6.45) is 0. The number of ether oxygens (including phenoxy) is 1. The summed E-state index contributed by atoms with van der Waals surface area (Å²) in [7, 11) is -2.87. The van der Waals surface area contributed by atoms with Crippen molar-refractivity contribution in [2.24, 2.45) is 11.7 Å². The molecule has 2 N–H and O–H groups in total. The van der Waals surface area contributed by atoms with Crippen LogP contribution in [0.5, 0.6) is 0 Å². The number of fused-ring (bicyclic) bond motifs is 1. The molecule has 2 rings (SSSR count). The Morgan fingerprint density at radius 2 is 2.27 bits per heavy atom. The first kappa shape index (κ1) is 7.52. The molecule has 2 saturated heterocycles. The third-order valence-corrected chi connectivity index (χ3v) is 4.33. The van der Waals surface area contributed by atoms with Gasteiger partial charge in [0.05, 0.1) is 30.3 Å². The molecule has 0 aliphatic carbocycles. The third-order valence-electron chi connectivity index (χ3n) is 2.45. The van der Waals surface area contributed by atoms with Gasteiger partial charge in [-0.15, -0.1) is 0 Å². The Hall–Kier alpha value is -0.130. The molecule has 0 saturated carbocycles. The monoisotopic (exact) mass is 177 g/mol. The number of hydrogen-bond acceptors (Lipinski definition) is 4. The largest absolute Gasteiger partial charge is 0.379 e. The first-order valence-corrected chi connectivity index (χ1v) is 5.41. The highest BCUT2D eigenvalue weighted by atomic mass is 32.2. The third kappa shape index (κ3) is 1.07. The van der Waals surface area contributed by atoms with Crippen molar-refractivity contribution in [2.75, 3.05) is 24.7 Å². The van der Waals surface area contributed by atoms with Gasteiger partial charge in [0, 0.05) is 5.92 Å². The summed E-state index contributed by atoms with van der Waals surface area (Å²) in [5, 5.41) is 0. The Balaban J connectivity index is 2.33.